The van der Waals surface area contributed by atoms with Crippen LogP contribution in [-0.4, -0.2) is 26.9 Å². The third kappa shape index (κ3) is 12.4. The van der Waals surface area contributed by atoms with Crippen LogP contribution in [0.25, 0.3) is 0 Å². The van der Waals surface area contributed by atoms with Crippen LogP contribution in [0.2, 0.25) is 0 Å². The van der Waals surface area contributed by atoms with Gasteiger partial charge in [0.25, 0.3) is 0 Å². The molecule has 0 aromatic heterocycles. The molecule has 0 amide bonds. The normalized spacial score (nSPS) is 8.67. The molecule has 3 heteroatoms. The standard InChI is InChI=1S/C6H14O2.Ho/c1-3-4-8-6-5-7-2;/h3-6H2,1-2H3;. The van der Waals surface area contributed by atoms with E-state index in [-0.39, 0.29) is 37.7 Å². The molecule has 0 bridgehead atoms. The van der Waals surface area contributed by atoms with E-state index in [2.05, 4.69) is 6.92 Å². The third-order valence-corrected chi connectivity index (χ3v) is 0.780. The summed E-state index contributed by atoms with van der Waals surface area (Å²) in [5.74, 6) is 0. The Morgan fingerprint density at radius 3 is 2.22 bits per heavy atom. The van der Waals surface area contributed by atoms with Gasteiger partial charge in [-0.25, -0.2) is 0 Å². The second-order valence-corrected chi connectivity index (χ2v) is 1.61. The largest absolute Gasteiger partial charge is 0.382 e. The van der Waals surface area contributed by atoms with Crippen molar-refractivity contribution >= 4 is 0 Å². The first-order valence-corrected chi connectivity index (χ1v) is 2.98. The fourth-order valence-corrected chi connectivity index (χ4v) is 0.389. The van der Waals surface area contributed by atoms with E-state index in [9.17, 15) is 0 Å². The van der Waals surface area contributed by atoms with E-state index in [1.165, 1.54) is 0 Å². The number of ether oxygens (including phenoxy) is 2. The van der Waals surface area contributed by atoms with Crippen LogP contribution >= 0.6 is 0 Å². The van der Waals surface area contributed by atoms with Gasteiger partial charge < -0.3 is 9.47 Å². The van der Waals surface area contributed by atoms with Crippen molar-refractivity contribution in [2.24, 2.45) is 0 Å². The monoisotopic (exact) mass is 283 g/mol. The third-order valence-electron chi connectivity index (χ3n) is 0.780. The molecule has 1 radical (unpaired) electrons. The molecule has 9 heavy (non-hydrogen) atoms. The van der Waals surface area contributed by atoms with Crippen molar-refractivity contribution < 1.29 is 47.2 Å². The summed E-state index contributed by atoms with van der Waals surface area (Å²) in [6.07, 6.45) is 1.09. The van der Waals surface area contributed by atoms with E-state index < -0.39 is 0 Å². The number of methoxy groups -OCH3 is 1. The van der Waals surface area contributed by atoms with Gasteiger partial charge in [0.15, 0.2) is 0 Å². The second kappa shape index (κ2) is 11.9. The summed E-state index contributed by atoms with van der Waals surface area (Å²) in [5, 5.41) is 0. The fraction of sp³-hybridized carbons (Fsp3) is 1.00. The van der Waals surface area contributed by atoms with E-state index in [0.717, 1.165) is 19.6 Å². The Morgan fingerprint density at radius 1 is 1.11 bits per heavy atom. The molecule has 0 fully saturated rings. The van der Waals surface area contributed by atoms with Crippen LogP contribution < -0.4 is 0 Å². The van der Waals surface area contributed by atoms with Crippen molar-refractivity contribution in [2.45, 2.75) is 13.3 Å². The Hall–Kier alpha value is 1.18. The Balaban J connectivity index is 0. The molecule has 61 valence electrons. The molecule has 0 spiro atoms. The minimum absolute atomic E-state index is 0. The van der Waals surface area contributed by atoms with Crippen molar-refractivity contribution in [1.82, 2.24) is 0 Å². The maximum absolute atomic E-state index is 5.10. The molecular formula is C6H14HoO2. The van der Waals surface area contributed by atoms with E-state index in [1.807, 2.05) is 0 Å². The maximum Gasteiger partial charge on any atom is 0.0700 e. The SMILES string of the molecule is CCCOCCOC.[Ho]. The molecule has 0 aromatic carbocycles. The number of hydrogen-bond acceptors (Lipinski definition) is 2. The predicted molar refractivity (Wildman–Crippen MR) is 33.0 cm³/mol. The van der Waals surface area contributed by atoms with Gasteiger partial charge in [-0.15, -0.1) is 0 Å². The van der Waals surface area contributed by atoms with Crippen molar-refractivity contribution in [3.63, 3.8) is 0 Å². The molecule has 0 saturated heterocycles. The summed E-state index contributed by atoms with van der Waals surface area (Å²) in [6, 6.07) is 0. The Labute approximate surface area is 86.9 Å². The summed E-state index contributed by atoms with van der Waals surface area (Å²) < 4.78 is 9.86. The summed E-state index contributed by atoms with van der Waals surface area (Å²) in [5.41, 5.74) is 0. The Bertz CT molecular complexity index is 36.0. The smallest absolute Gasteiger partial charge is 0.0700 e. The average molecular weight is 283 g/mol. The molecular weight excluding hydrogens is 269 g/mol. The minimum atomic E-state index is 0. The van der Waals surface area contributed by atoms with Gasteiger partial charge in [0, 0.05) is 51.5 Å². The van der Waals surface area contributed by atoms with Gasteiger partial charge in [-0.1, -0.05) is 6.92 Å². The zero-order chi connectivity index (χ0) is 6.24. The van der Waals surface area contributed by atoms with Gasteiger partial charge in [-0.05, 0) is 6.42 Å². The van der Waals surface area contributed by atoms with E-state index >= 15 is 0 Å². The molecule has 0 heterocycles. The summed E-state index contributed by atoms with van der Waals surface area (Å²) in [7, 11) is 1.68. The maximum atomic E-state index is 5.10. The fourth-order valence-electron chi connectivity index (χ4n) is 0.389. The van der Waals surface area contributed by atoms with E-state index in [1.54, 1.807) is 7.11 Å². The Morgan fingerprint density at radius 2 is 1.78 bits per heavy atom. The van der Waals surface area contributed by atoms with Gasteiger partial charge >= 0.3 is 0 Å². The molecule has 0 aliphatic heterocycles. The molecule has 0 aliphatic carbocycles. The first-order valence-electron chi connectivity index (χ1n) is 2.98. The average Bonchev–Trinajstić information content (AvgIpc) is 1.81. The first kappa shape index (κ1) is 12.8. The van der Waals surface area contributed by atoms with Gasteiger partial charge in [0.1, 0.15) is 0 Å². The van der Waals surface area contributed by atoms with Crippen LogP contribution in [0.1, 0.15) is 13.3 Å². The molecule has 0 saturated carbocycles. The van der Waals surface area contributed by atoms with E-state index in [0.29, 0.717) is 6.61 Å². The number of rotatable bonds is 5. The van der Waals surface area contributed by atoms with Crippen LogP contribution in [0.5, 0.6) is 0 Å². The van der Waals surface area contributed by atoms with Gasteiger partial charge in [0.2, 0.25) is 0 Å². The minimum Gasteiger partial charge on any atom is -0.382 e. The number of hydrogen-bond donors (Lipinski definition) is 0. The van der Waals surface area contributed by atoms with Crippen molar-refractivity contribution in [3.8, 4) is 0 Å². The molecule has 0 rings (SSSR count). The van der Waals surface area contributed by atoms with Gasteiger partial charge in [0.05, 0.1) is 13.2 Å². The van der Waals surface area contributed by atoms with E-state index in [4.69, 9.17) is 9.47 Å². The van der Waals surface area contributed by atoms with Crippen LogP contribution in [0, 0.1) is 37.7 Å². The van der Waals surface area contributed by atoms with Gasteiger partial charge in [-0.2, -0.15) is 0 Å². The van der Waals surface area contributed by atoms with Crippen LogP contribution in [-0.2, 0) is 9.47 Å². The van der Waals surface area contributed by atoms with Crippen LogP contribution in [0.4, 0.5) is 0 Å². The van der Waals surface area contributed by atoms with Gasteiger partial charge in [-0.3, -0.25) is 0 Å². The molecule has 2 nitrogen and oxygen atoms in total. The van der Waals surface area contributed by atoms with Crippen molar-refractivity contribution in [1.29, 1.82) is 0 Å². The molecule has 0 atom stereocenters. The summed E-state index contributed by atoms with van der Waals surface area (Å²) in [6.45, 7) is 4.38. The topological polar surface area (TPSA) is 18.5 Å². The summed E-state index contributed by atoms with van der Waals surface area (Å²) >= 11 is 0. The van der Waals surface area contributed by atoms with Crippen LogP contribution in [0.3, 0.4) is 0 Å². The quantitative estimate of drug-likeness (QED) is 0.555. The van der Waals surface area contributed by atoms with Crippen molar-refractivity contribution in [3.05, 3.63) is 0 Å². The predicted octanol–water partition coefficient (Wildman–Crippen LogP) is 1.06. The molecule has 0 aliphatic rings. The molecule has 0 N–H and O–H groups in total. The second-order valence-electron chi connectivity index (χ2n) is 1.61. The zero-order valence-electron chi connectivity index (χ0n) is 5.95. The molecule has 0 aromatic rings. The summed E-state index contributed by atoms with van der Waals surface area (Å²) in [4.78, 5) is 0. The zero-order valence-corrected chi connectivity index (χ0v) is 7.88. The first-order chi connectivity index (χ1) is 3.91. The van der Waals surface area contributed by atoms with Crippen molar-refractivity contribution in [2.75, 3.05) is 26.9 Å². The van der Waals surface area contributed by atoms with Crippen LogP contribution in [0.15, 0.2) is 0 Å². The molecule has 0 unspecified atom stereocenters. The Kier molecular flexibility index (Phi) is 17.0.